The zero-order valence-electron chi connectivity index (χ0n) is 11.9. The third kappa shape index (κ3) is 5.14. The average Bonchev–Trinajstić information content (AvgIpc) is 2.49. The first-order valence-corrected chi connectivity index (χ1v) is 7.83. The van der Waals surface area contributed by atoms with Gasteiger partial charge in [-0.3, -0.25) is 4.79 Å². The molecule has 4 nitrogen and oxygen atoms in total. The molecule has 5 heteroatoms. The number of hydrogen-bond donors (Lipinski definition) is 1. The molecule has 0 aliphatic heterocycles. The number of anilines is 1. The summed E-state index contributed by atoms with van der Waals surface area (Å²) in [7, 11) is 1.41. The van der Waals surface area contributed by atoms with Crippen molar-refractivity contribution >= 4 is 23.4 Å². The second kappa shape index (κ2) is 9.27. The first kappa shape index (κ1) is 16.4. The maximum atomic E-state index is 10.9. The van der Waals surface area contributed by atoms with Gasteiger partial charge in [-0.1, -0.05) is 12.5 Å². The van der Waals surface area contributed by atoms with Crippen molar-refractivity contribution in [3.63, 3.8) is 0 Å². The molecule has 0 aliphatic carbocycles. The maximum absolute atomic E-state index is 10.9. The predicted molar refractivity (Wildman–Crippen MR) is 81.9 cm³/mol. The first-order chi connectivity index (χ1) is 9.72. The Morgan fingerprint density at radius 3 is 2.85 bits per heavy atom. The van der Waals surface area contributed by atoms with Crippen molar-refractivity contribution in [2.75, 3.05) is 25.2 Å². The van der Waals surface area contributed by atoms with Crippen LogP contribution in [0.2, 0.25) is 0 Å². The van der Waals surface area contributed by atoms with Crippen LogP contribution < -0.4 is 5.32 Å². The Bertz CT molecular complexity index is 483. The van der Waals surface area contributed by atoms with Crippen LogP contribution in [-0.4, -0.2) is 25.9 Å². The van der Waals surface area contributed by atoms with Crippen molar-refractivity contribution in [1.29, 1.82) is 5.26 Å². The number of nitrogens with zero attached hydrogens (tertiary/aromatic N) is 1. The van der Waals surface area contributed by atoms with Crippen molar-refractivity contribution in [3.05, 3.63) is 23.8 Å². The summed E-state index contributed by atoms with van der Waals surface area (Å²) in [6.45, 7) is 0.799. The molecule has 0 radical (unpaired) electrons. The number of carbonyl (C=O) groups excluding carboxylic acids is 1. The highest BCUT2D eigenvalue weighted by Gasteiger charge is 2.06. The second-order valence-corrected chi connectivity index (χ2v) is 5.16. The molecular weight excluding hydrogens is 272 g/mol. The van der Waals surface area contributed by atoms with E-state index in [-0.39, 0.29) is 5.97 Å². The number of benzene rings is 1. The molecule has 20 heavy (non-hydrogen) atoms. The minimum absolute atomic E-state index is 0.155. The van der Waals surface area contributed by atoms with Crippen molar-refractivity contribution in [2.45, 2.75) is 30.6 Å². The van der Waals surface area contributed by atoms with E-state index in [9.17, 15) is 10.1 Å². The quantitative estimate of drug-likeness (QED) is 0.452. The molecule has 0 heterocycles. The fourth-order valence-electron chi connectivity index (χ4n) is 1.86. The van der Waals surface area contributed by atoms with E-state index in [2.05, 4.69) is 16.1 Å². The van der Waals surface area contributed by atoms with E-state index in [1.807, 2.05) is 24.5 Å². The predicted octanol–water partition coefficient (Wildman–Crippen LogP) is 3.43. The molecule has 0 atom stereocenters. The summed E-state index contributed by atoms with van der Waals surface area (Å²) in [5.41, 5.74) is 1.59. The normalized spacial score (nSPS) is 9.85. The number of methoxy groups -OCH3 is 1. The van der Waals surface area contributed by atoms with Crippen LogP contribution in [0.3, 0.4) is 0 Å². The Balaban J connectivity index is 2.36. The number of unbranched alkanes of at least 4 members (excludes halogenated alkanes) is 2. The highest BCUT2D eigenvalue weighted by molar-refractivity contribution is 7.98. The fourth-order valence-corrected chi connectivity index (χ4v) is 2.43. The number of ether oxygens (including phenoxy) is 1. The van der Waals surface area contributed by atoms with Gasteiger partial charge >= 0.3 is 5.97 Å². The highest BCUT2D eigenvalue weighted by atomic mass is 32.2. The van der Waals surface area contributed by atoms with Crippen molar-refractivity contribution < 1.29 is 9.53 Å². The molecule has 108 valence electrons. The number of hydrogen-bond acceptors (Lipinski definition) is 5. The number of esters is 1. The fraction of sp³-hybridized carbons (Fsp3) is 0.467. The van der Waals surface area contributed by atoms with Crippen LogP contribution in [0.25, 0.3) is 0 Å². The summed E-state index contributed by atoms with van der Waals surface area (Å²) in [5, 5.41) is 12.5. The molecule has 0 aromatic heterocycles. The molecule has 1 aromatic rings. The maximum Gasteiger partial charge on any atom is 0.305 e. The topological polar surface area (TPSA) is 62.1 Å². The third-order valence-corrected chi connectivity index (χ3v) is 3.74. The molecule has 0 spiro atoms. The summed E-state index contributed by atoms with van der Waals surface area (Å²) in [6, 6.07) is 8.07. The second-order valence-electron chi connectivity index (χ2n) is 4.31. The van der Waals surface area contributed by atoms with E-state index in [0.717, 1.165) is 36.4 Å². The molecule has 0 fully saturated rings. The van der Waals surface area contributed by atoms with Gasteiger partial charge in [-0.2, -0.15) is 5.26 Å². The zero-order chi connectivity index (χ0) is 14.8. The van der Waals surface area contributed by atoms with Gasteiger partial charge in [0.1, 0.15) is 6.07 Å². The summed E-state index contributed by atoms with van der Waals surface area (Å²) in [5.74, 6) is -0.155. The van der Waals surface area contributed by atoms with Crippen molar-refractivity contribution in [2.24, 2.45) is 0 Å². The molecule has 1 rings (SSSR count). The number of rotatable bonds is 8. The summed E-state index contributed by atoms with van der Waals surface area (Å²) in [6.07, 6.45) is 5.20. The number of thioether (sulfide) groups is 1. The van der Waals surface area contributed by atoms with E-state index in [1.165, 1.54) is 7.11 Å². The standard InChI is InChI=1S/C15H20N2O2S/c1-19-15(18)9-4-3-5-10-17-13-7-6-8-14(20-2)12(13)11-16/h6-8,17H,3-5,9-10H2,1-2H3. The van der Waals surface area contributed by atoms with Gasteiger partial charge in [-0.05, 0) is 31.2 Å². The molecule has 0 unspecified atom stereocenters. The SMILES string of the molecule is COC(=O)CCCCCNc1cccc(SC)c1C#N. The summed E-state index contributed by atoms with van der Waals surface area (Å²) < 4.78 is 4.59. The van der Waals surface area contributed by atoms with Gasteiger partial charge < -0.3 is 10.1 Å². The molecule has 1 aromatic carbocycles. The van der Waals surface area contributed by atoms with Gasteiger partial charge in [0, 0.05) is 17.9 Å². The van der Waals surface area contributed by atoms with Crippen LogP contribution in [0, 0.1) is 11.3 Å². The smallest absolute Gasteiger partial charge is 0.305 e. The van der Waals surface area contributed by atoms with E-state index < -0.39 is 0 Å². The molecule has 1 N–H and O–H groups in total. The molecule has 0 saturated carbocycles. The number of nitrogens with one attached hydrogen (secondary N) is 1. The summed E-state index contributed by atoms with van der Waals surface area (Å²) in [4.78, 5) is 11.9. The lowest BCUT2D eigenvalue weighted by Gasteiger charge is -2.10. The van der Waals surface area contributed by atoms with Crippen LogP contribution in [0.5, 0.6) is 0 Å². The van der Waals surface area contributed by atoms with Crippen LogP contribution in [0.4, 0.5) is 5.69 Å². The lowest BCUT2D eigenvalue weighted by Crippen LogP contribution is -2.05. The van der Waals surface area contributed by atoms with E-state index >= 15 is 0 Å². The van der Waals surface area contributed by atoms with Gasteiger partial charge in [-0.15, -0.1) is 11.8 Å². The lowest BCUT2D eigenvalue weighted by atomic mass is 10.1. The first-order valence-electron chi connectivity index (χ1n) is 6.60. The van der Waals surface area contributed by atoms with Gasteiger partial charge in [0.05, 0.1) is 18.4 Å². The Morgan fingerprint density at radius 1 is 1.40 bits per heavy atom. The Hall–Kier alpha value is -1.67. The largest absolute Gasteiger partial charge is 0.469 e. The Morgan fingerprint density at radius 2 is 2.20 bits per heavy atom. The van der Waals surface area contributed by atoms with Gasteiger partial charge in [0.15, 0.2) is 0 Å². The van der Waals surface area contributed by atoms with Crippen LogP contribution in [0.1, 0.15) is 31.2 Å². The molecule has 0 amide bonds. The van der Waals surface area contributed by atoms with Gasteiger partial charge in [0.2, 0.25) is 0 Å². The van der Waals surface area contributed by atoms with Crippen LogP contribution in [0.15, 0.2) is 23.1 Å². The number of nitriles is 1. The summed E-state index contributed by atoms with van der Waals surface area (Å²) >= 11 is 1.57. The molecule has 0 bridgehead atoms. The van der Waals surface area contributed by atoms with Gasteiger partial charge in [0.25, 0.3) is 0 Å². The highest BCUT2D eigenvalue weighted by Crippen LogP contribution is 2.26. The average molecular weight is 292 g/mol. The minimum Gasteiger partial charge on any atom is -0.469 e. The van der Waals surface area contributed by atoms with Crippen LogP contribution >= 0.6 is 11.8 Å². The van der Waals surface area contributed by atoms with Crippen molar-refractivity contribution in [1.82, 2.24) is 0 Å². The minimum atomic E-state index is -0.155. The lowest BCUT2D eigenvalue weighted by molar-refractivity contribution is -0.140. The number of carbonyl (C=O) groups is 1. The Labute approximate surface area is 124 Å². The monoisotopic (exact) mass is 292 g/mol. The van der Waals surface area contributed by atoms with E-state index in [4.69, 9.17) is 0 Å². The molecular formula is C15H20N2O2S. The third-order valence-electron chi connectivity index (χ3n) is 2.96. The zero-order valence-corrected chi connectivity index (χ0v) is 12.8. The van der Waals surface area contributed by atoms with Crippen molar-refractivity contribution in [3.8, 4) is 6.07 Å². The van der Waals surface area contributed by atoms with Crippen LogP contribution in [-0.2, 0) is 9.53 Å². The Kier molecular flexibility index (Phi) is 7.59. The van der Waals surface area contributed by atoms with E-state index in [0.29, 0.717) is 12.0 Å². The molecule has 0 aliphatic rings. The van der Waals surface area contributed by atoms with E-state index in [1.54, 1.807) is 11.8 Å². The molecule has 0 saturated heterocycles. The van der Waals surface area contributed by atoms with Gasteiger partial charge in [-0.25, -0.2) is 0 Å².